The van der Waals surface area contributed by atoms with Gasteiger partial charge in [-0.05, 0) is 24.1 Å². The van der Waals surface area contributed by atoms with E-state index in [-0.39, 0.29) is 18.3 Å². The number of rotatable bonds is 8. The van der Waals surface area contributed by atoms with Crippen LogP contribution < -0.4 is 0 Å². The summed E-state index contributed by atoms with van der Waals surface area (Å²) in [5, 5.41) is 9.35. The third-order valence-electron chi connectivity index (χ3n) is 3.20. The van der Waals surface area contributed by atoms with E-state index >= 15 is 0 Å². The quantitative estimate of drug-likeness (QED) is 0.671. The number of hydrogen-bond acceptors (Lipinski definition) is 1. The fraction of sp³-hybridized carbons (Fsp3) is 0.600. The van der Waals surface area contributed by atoms with Gasteiger partial charge in [-0.3, -0.25) is 0 Å². The highest BCUT2D eigenvalue weighted by Gasteiger charge is 2.10. The number of unbranched alkanes of at least 4 members (excludes halogenated alkanes) is 4. The van der Waals surface area contributed by atoms with Crippen LogP contribution in [0.15, 0.2) is 24.3 Å². The van der Waals surface area contributed by atoms with Crippen molar-refractivity contribution in [1.29, 1.82) is 0 Å². The van der Waals surface area contributed by atoms with Gasteiger partial charge in [0.2, 0.25) is 0 Å². The highest BCUT2D eigenvalue weighted by atomic mass is 19.1. The Morgan fingerprint density at radius 1 is 1.18 bits per heavy atom. The molecule has 1 unspecified atom stereocenters. The molecule has 0 aromatic heterocycles. The number of aliphatic hydroxyl groups excluding tert-OH is 1. The number of halogens is 1. The summed E-state index contributed by atoms with van der Waals surface area (Å²) in [5.41, 5.74) is 0.919. The highest BCUT2D eigenvalue weighted by Crippen LogP contribution is 2.22. The summed E-state index contributed by atoms with van der Waals surface area (Å²) in [6.07, 6.45) is 7.06. The molecular weight excluding hydrogens is 215 g/mol. The van der Waals surface area contributed by atoms with E-state index in [0.29, 0.717) is 0 Å². The van der Waals surface area contributed by atoms with Gasteiger partial charge in [0.25, 0.3) is 0 Å². The molecule has 0 spiro atoms. The van der Waals surface area contributed by atoms with Gasteiger partial charge >= 0.3 is 0 Å². The molecule has 1 N–H and O–H groups in total. The number of benzene rings is 1. The lowest BCUT2D eigenvalue weighted by molar-refractivity contribution is 0.256. The largest absolute Gasteiger partial charge is 0.396 e. The van der Waals surface area contributed by atoms with Crippen LogP contribution in [-0.4, -0.2) is 11.7 Å². The third-order valence-corrected chi connectivity index (χ3v) is 3.20. The molecule has 0 bridgehead atoms. The molecule has 96 valence electrons. The zero-order valence-electron chi connectivity index (χ0n) is 10.7. The summed E-state index contributed by atoms with van der Waals surface area (Å²) < 4.78 is 13.1. The molecule has 17 heavy (non-hydrogen) atoms. The van der Waals surface area contributed by atoms with Gasteiger partial charge < -0.3 is 5.11 Å². The Balaban J connectivity index is 2.38. The first kappa shape index (κ1) is 14.2. The monoisotopic (exact) mass is 238 g/mol. The molecule has 1 aromatic rings. The average molecular weight is 238 g/mol. The predicted octanol–water partition coefficient (Wildman–Crippen LogP) is 4.26. The van der Waals surface area contributed by atoms with E-state index in [1.165, 1.54) is 37.8 Å². The molecule has 0 aliphatic rings. The van der Waals surface area contributed by atoms with Gasteiger partial charge in [-0.15, -0.1) is 0 Å². The smallest absolute Gasteiger partial charge is 0.123 e. The first-order valence-electron chi connectivity index (χ1n) is 6.64. The second-order valence-electron chi connectivity index (χ2n) is 4.64. The Morgan fingerprint density at radius 2 is 1.94 bits per heavy atom. The number of hydrogen-bond donors (Lipinski definition) is 1. The lowest BCUT2D eigenvalue weighted by Crippen LogP contribution is -2.04. The van der Waals surface area contributed by atoms with Crippen LogP contribution >= 0.6 is 0 Å². The van der Waals surface area contributed by atoms with E-state index in [1.807, 2.05) is 6.07 Å². The lowest BCUT2D eigenvalue weighted by Gasteiger charge is -2.14. The maximum atomic E-state index is 13.1. The standard InChI is InChI=1S/C15H23FO/c1-2-3-4-5-6-8-14(12-17)13-9-7-10-15(16)11-13/h7,9-11,14,17H,2-6,8,12H2,1H3. The molecule has 1 aromatic carbocycles. The Kier molecular flexibility index (Phi) is 6.87. The van der Waals surface area contributed by atoms with E-state index in [2.05, 4.69) is 6.92 Å². The molecule has 0 saturated carbocycles. The summed E-state index contributed by atoms with van der Waals surface area (Å²) >= 11 is 0. The Labute approximate surface area is 104 Å². The Hall–Kier alpha value is -0.890. The van der Waals surface area contributed by atoms with Gasteiger partial charge in [-0.1, -0.05) is 51.2 Å². The van der Waals surface area contributed by atoms with Crippen LogP contribution in [0.1, 0.15) is 56.9 Å². The van der Waals surface area contributed by atoms with Crippen molar-refractivity contribution >= 4 is 0 Å². The molecule has 0 aliphatic heterocycles. The second-order valence-corrected chi connectivity index (χ2v) is 4.64. The van der Waals surface area contributed by atoms with Crippen molar-refractivity contribution in [3.05, 3.63) is 35.6 Å². The van der Waals surface area contributed by atoms with E-state index < -0.39 is 0 Å². The maximum Gasteiger partial charge on any atom is 0.123 e. The highest BCUT2D eigenvalue weighted by molar-refractivity contribution is 5.20. The fourth-order valence-corrected chi connectivity index (χ4v) is 2.12. The molecule has 0 radical (unpaired) electrons. The molecule has 1 atom stereocenters. The second kappa shape index (κ2) is 8.24. The predicted molar refractivity (Wildman–Crippen MR) is 69.6 cm³/mol. The summed E-state index contributed by atoms with van der Waals surface area (Å²) in [5.74, 6) is -0.126. The SMILES string of the molecule is CCCCCCCC(CO)c1cccc(F)c1. The lowest BCUT2D eigenvalue weighted by atomic mass is 9.93. The van der Waals surface area contributed by atoms with Crippen LogP contribution in [0.25, 0.3) is 0 Å². The van der Waals surface area contributed by atoms with Gasteiger partial charge in [-0.25, -0.2) is 4.39 Å². The molecule has 0 saturated heterocycles. The first-order chi connectivity index (χ1) is 8.27. The molecule has 0 heterocycles. The summed E-state index contributed by atoms with van der Waals surface area (Å²) in [7, 11) is 0. The van der Waals surface area contributed by atoms with Gasteiger partial charge in [0.1, 0.15) is 5.82 Å². The van der Waals surface area contributed by atoms with Gasteiger partial charge in [0.05, 0.1) is 0 Å². The topological polar surface area (TPSA) is 20.2 Å². The fourth-order valence-electron chi connectivity index (χ4n) is 2.12. The first-order valence-corrected chi connectivity index (χ1v) is 6.64. The molecule has 0 aliphatic carbocycles. The molecule has 2 heteroatoms. The summed E-state index contributed by atoms with van der Waals surface area (Å²) in [4.78, 5) is 0. The Morgan fingerprint density at radius 3 is 2.59 bits per heavy atom. The van der Waals surface area contributed by atoms with Crippen LogP contribution in [0, 0.1) is 5.82 Å². The van der Waals surface area contributed by atoms with E-state index in [1.54, 1.807) is 6.07 Å². The van der Waals surface area contributed by atoms with E-state index in [0.717, 1.165) is 18.4 Å². The van der Waals surface area contributed by atoms with Gasteiger partial charge in [0.15, 0.2) is 0 Å². The summed E-state index contributed by atoms with van der Waals surface area (Å²) in [6.45, 7) is 2.31. The minimum atomic E-state index is -0.216. The van der Waals surface area contributed by atoms with Crippen LogP contribution in [0.3, 0.4) is 0 Å². The van der Waals surface area contributed by atoms with Crippen LogP contribution in [0.2, 0.25) is 0 Å². The Bertz CT molecular complexity index is 312. The van der Waals surface area contributed by atoms with Gasteiger partial charge in [-0.2, -0.15) is 0 Å². The molecule has 0 fully saturated rings. The molecule has 1 rings (SSSR count). The summed E-state index contributed by atoms with van der Waals surface area (Å²) in [6, 6.07) is 6.59. The molecule has 1 nitrogen and oxygen atoms in total. The number of aliphatic hydroxyl groups is 1. The minimum Gasteiger partial charge on any atom is -0.396 e. The maximum absolute atomic E-state index is 13.1. The van der Waals surface area contributed by atoms with Crippen molar-refractivity contribution in [2.45, 2.75) is 51.4 Å². The van der Waals surface area contributed by atoms with Gasteiger partial charge in [0, 0.05) is 12.5 Å². The molecular formula is C15H23FO. The zero-order valence-corrected chi connectivity index (χ0v) is 10.7. The minimum absolute atomic E-state index is 0.0901. The normalized spacial score (nSPS) is 12.6. The van der Waals surface area contributed by atoms with E-state index in [9.17, 15) is 9.50 Å². The van der Waals surface area contributed by atoms with Crippen molar-refractivity contribution in [2.75, 3.05) is 6.61 Å². The van der Waals surface area contributed by atoms with Crippen LogP contribution in [-0.2, 0) is 0 Å². The van der Waals surface area contributed by atoms with Crippen molar-refractivity contribution < 1.29 is 9.50 Å². The van der Waals surface area contributed by atoms with Crippen LogP contribution in [0.5, 0.6) is 0 Å². The zero-order chi connectivity index (χ0) is 12.5. The van der Waals surface area contributed by atoms with E-state index in [4.69, 9.17) is 0 Å². The van der Waals surface area contributed by atoms with Crippen molar-refractivity contribution in [2.24, 2.45) is 0 Å². The molecule has 0 amide bonds. The third kappa shape index (κ3) is 5.31. The van der Waals surface area contributed by atoms with Crippen molar-refractivity contribution in [3.63, 3.8) is 0 Å². The average Bonchev–Trinajstić information content (AvgIpc) is 2.34. The van der Waals surface area contributed by atoms with Crippen LogP contribution in [0.4, 0.5) is 4.39 Å². The van der Waals surface area contributed by atoms with Crippen molar-refractivity contribution in [1.82, 2.24) is 0 Å². The van der Waals surface area contributed by atoms with Crippen molar-refractivity contribution in [3.8, 4) is 0 Å².